The first kappa shape index (κ1) is 16.1. The highest BCUT2D eigenvalue weighted by molar-refractivity contribution is 7.90. The van der Waals surface area contributed by atoms with Crippen molar-refractivity contribution in [3.63, 3.8) is 0 Å². The fourth-order valence-corrected chi connectivity index (χ4v) is 2.29. The van der Waals surface area contributed by atoms with Crippen molar-refractivity contribution >= 4 is 11.4 Å². The first-order valence-corrected chi connectivity index (χ1v) is 7.09. The van der Waals surface area contributed by atoms with Gasteiger partial charge in [0.05, 0.1) is 6.04 Å². The van der Waals surface area contributed by atoms with E-state index < -0.39 is 34.6 Å². The smallest absolute Gasteiger partial charge is 0.136 e. The van der Waals surface area contributed by atoms with Crippen LogP contribution in [0.4, 0.5) is 8.78 Å². The molecule has 1 unspecified atom stereocenters. The molecule has 0 bridgehead atoms. The fraction of sp³-hybridized carbons (Fsp3) is 0.429. The number of alkyl halides is 1. The van der Waals surface area contributed by atoms with Gasteiger partial charge in [-0.25, -0.2) is 8.78 Å². The van der Waals surface area contributed by atoms with Gasteiger partial charge in [-0.05, 0) is 44.0 Å². The van der Waals surface area contributed by atoms with Crippen molar-refractivity contribution in [2.24, 2.45) is 0 Å². The highest BCUT2D eigenvalue weighted by atomic mass is 32.2. The molecule has 1 aromatic carbocycles. The summed E-state index contributed by atoms with van der Waals surface area (Å²) in [7, 11) is 0. The van der Waals surface area contributed by atoms with E-state index in [1.807, 2.05) is 20.8 Å². The fourth-order valence-electron chi connectivity index (χ4n) is 1.48. The molecule has 0 aromatic heterocycles. The van der Waals surface area contributed by atoms with Gasteiger partial charge >= 0.3 is 0 Å². The minimum absolute atomic E-state index is 0.255. The number of benzene rings is 1. The van der Waals surface area contributed by atoms with E-state index in [2.05, 4.69) is 11.3 Å². The Bertz CT molecular complexity index is 446. The summed E-state index contributed by atoms with van der Waals surface area (Å²) in [5.41, 5.74) is 0.769. The van der Waals surface area contributed by atoms with Crippen molar-refractivity contribution in [3.8, 4) is 0 Å². The zero-order valence-corrected chi connectivity index (χ0v) is 12.2. The Kier molecular flexibility index (Phi) is 5.52. The third-order valence-corrected chi connectivity index (χ3v) is 4.10. The SMILES string of the molecule is C=C[C@@H](N[S+]([O-])C(C)(C)C)c1cc(F)cc(CF)c1. The zero-order chi connectivity index (χ0) is 14.6. The predicted octanol–water partition coefficient (Wildman–Crippen LogP) is 3.57. The maximum absolute atomic E-state index is 13.4. The van der Waals surface area contributed by atoms with E-state index in [9.17, 15) is 13.3 Å². The third-order valence-electron chi connectivity index (χ3n) is 2.52. The largest absolute Gasteiger partial charge is 0.598 e. The summed E-state index contributed by atoms with van der Waals surface area (Å²) in [4.78, 5) is 0. The van der Waals surface area contributed by atoms with Crippen LogP contribution >= 0.6 is 0 Å². The second-order valence-corrected chi connectivity index (χ2v) is 7.24. The number of nitrogens with one attached hydrogen (secondary N) is 1. The van der Waals surface area contributed by atoms with Crippen molar-refractivity contribution in [2.75, 3.05) is 0 Å². The van der Waals surface area contributed by atoms with Crippen molar-refractivity contribution < 1.29 is 13.3 Å². The highest BCUT2D eigenvalue weighted by Gasteiger charge is 2.29. The molecule has 0 saturated heterocycles. The van der Waals surface area contributed by atoms with Crippen molar-refractivity contribution in [1.29, 1.82) is 0 Å². The summed E-state index contributed by atoms with van der Waals surface area (Å²) in [6, 6.07) is 3.49. The van der Waals surface area contributed by atoms with Gasteiger partial charge < -0.3 is 4.55 Å². The molecule has 0 saturated carbocycles. The van der Waals surface area contributed by atoms with Gasteiger partial charge in [0.15, 0.2) is 0 Å². The minimum atomic E-state index is -1.32. The van der Waals surface area contributed by atoms with Crippen LogP contribution in [-0.4, -0.2) is 9.30 Å². The molecule has 0 heterocycles. The predicted molar refractivity (Wildman–Crippen MR) is 75.2 cm³/mol. The molecule has 1 rings (SSSR count). The first-order chi connectivity index (χ1) is 8.77. The molecule has 0 radical (unpaired) electrons. The Morgan fingerprint density at radius 1 is 1.42 bits per heavy atom. The summed E-state index contributed by atoms with van der Waals surface area (Å²) in [6.45, 7) is 8.39. The first-order valence-electron chi connectivity index (χ1n) is 5.94. The maximum Gasteiger partial charge on any atom is 0.136 e. The lowest BCUT2D eigenvalue weighted by atomic mass is 10.0. The van der Waals surface area contributed by atoms with Gasteiger partial charge in [-0.15, -0.1) is 11.3 Å². The minimum Gasteiger partial charge on any atom is -0.598 e. The monoisotopic (exact) mass is 287 g/mol. The van der Waals surface area contributed by atoms with E-state index in [1.165, 1.54) is 12.1 Å². The molecule has 0 aliphatic heterocycles. The molecule has 0 aliphatic carbocycles. The Hall–Kier alpha value is -0.910. The van der Waals surface area contributed by atoms with E-state index in [0.29, 0.717) is 5.56 Å². The van der Waals surface area contributed by atoms with Gasteiger partial charge in [0.1, 0.15) is 17.2 Å². The van der Waals surface area contributed by atoms with Crippen LogP contribution in [0.1, 0.15) is 37.9 Å². The second-order valence-electron chi connectivity index (χ2n) is 5.24. The van der Waals surface area contributed by atoms with E-state index in [0.717, 1.165) is 6.07 Å². The molecule has 0 aliphatic rings. The third kappa shape index (κ3) is 4.60. The number of hydrogen-bond acceptors (Lipinski definition) is 2. The van der Waals surface area contributed by atoms with Crippen molar-refractivity contribution in [2.45, 2.75) is 38.2 Å². The van der Waals surface area contributed by atoms with Gasteiger partial charge in [0, 0.05) is 11.4 Å². The molecular weight excluding hydrogens is 268 g/mol. The topological polar surface area (TPSA) is 35.1 Å². The molecule has 0 spiro atoms. The van der Waals surface area contributed by atoms with Crippen LogP contribution in [0.15, 0.2) is 30.9 Å². The molecule has 0 fully saturated rings. The van der Waals surface area contributed by atoms with Crippen LogP contribution in [0.25, 0.3) is 0 Å². The van der Waals surface area contributed by atoms with Gasteiger partial charge in [-0.3, -0.25) is 0 Å². The molecule has 0 amide bonds. The molecule has 106 valence electrons. The molecule has 2 nitrogen and oxygen atoms in total. The van der Waals surface area contributed by atoms with Gasteiger partial charge in [0.2, 0.25) is 0 Å². The summed E-state index contributed by atoms with van der Waals surface area (Å²) >= 11 is -1.32. The summed E-state index contributed by atoms with van der Waals surface area (Å²) in [5.74, 6) is -0.514. The second kappa shape index (κ2) is 6.50. The van der Waals surface area contributed by atoms with Crippen LogP contribution in [0, 0.1) is 5.82 Å². The Morgan fingerprint density at radius 3 is 2.53 bits per heavy atom. The summed E-state index contributed by atoms with van der Waals surface area (Å²) in [5, 5.41) is 0. The number of rotatable bonds is 5. The Labute approximate surface area is 116 Å². The highest BCUT2D eigenvalue weighted by Crippen LogP contribution is 2.22. The zero-order valence-electron chi connectivity index (χ0n) is 11.4. The average Bonchev–Trinajstić information content (AvgIpc) is 2.33. The summed E-state index contributed by atoms with van der Waals surface area (Å²) in [6.07, 6.45) is 1.53. The molecule has 1 N–H and O–H groups in total. The molecule has 5 heteroatoms. The van der Waals surface area contributed by atoms with Gasteiger partial charge in [-0.1, -0.05) is 12.1 Å². The van der Waals surface area contributed by atoms with Gasteiger partial charge in [0.25, 0.3) is 0 Å². The standard InChI is InChI=1S/C14H19F2NOS/c1-5-13(17-19(18)14(2,3)4)11-6-10(9-15)7-12(16)8-11/h5-8,13,17H,1,9H2,2-4H3/t13-,19?/m1/s1. The van der Waals surface area contributed by atoms with E-state index in [1.54, 1.807) is 6.07 Å². The molecule has 2 atom stereocenters. The van der Waals surface area contributed by atoms with Crippen molar-refractivity contribution in [3.05, 3.63) is 47.8 Å². The van der Waals surface area contributed by atoms with Crippen molar-refractivity contribution in [1.82, 2.24) is 4.72 Å². The van der Waals surface area contributed by atoms with Crippen LogP contribution in [0.2, 0.25) is 0 Å². The van der Waals surface area contributed by atoms with Crippen LogP contribution in [-0.2, 0) is 18.0 Å². The lowest BCUT2D eigenvalue weighted by molar-refractivity contribution is 0.481. The van der Waals surface area contributed by atoms with Gasteiger partial charge in [-0.2, -0.15) is 0 Å². The normalized spacial score (nSPS) is 15.1. The van der Waals surface area contributed by atoms with E-state index in [4.69, 9.17) is 0 Å². The van der Waals surface area contributed by atoms with E-state index >= 15 is 0 Å². The Balaban J connectivity index is 2.97. The van der Waals surface area contributed by atoms with E-state index in [-0.39, 0.29) is 5.56 Å². The van der Waals surface area contributed by atoms with Crippen LogP contribution in [0.5, 0.6) is 0 Å². The maximum atomic E-state index is 13.4. The van der Waals surface area contributed by atoms with Crippen LogP contribution < -0.4 is 4.72 Å². The lowest BCUT2D eigenvalue weighted by Crippen LogP contribution is -2.40. The number of halogens is 2. The molecule has 1 aromatic rings. The lowest BCUT2D eigenvalue weighted by Gasteiger charge is -2.27. The number of hydrogen-bond donors (Lipinski definition) is 1. The van der Waals surface area contributed by atoms with Crippen LogP contribution in [0.3, 0.4) is 0 Å². The molecular formula is C14H19F2NOS. The quantitative estimate of drug-likeness (QED) is 0.663. The summed E-state index contributed by atoms with van der Waals surface area (Å²) < 4.78 is 40.5. The average molecular weight is 287 g/mol. The molecule has 19 heavy (non-hydrogen) atoms. The Morgan fingerprint density at radius 2 is 2.05 bits per heavy atom.